The molecule has 2 rings (SSSR count). The topological polar surface area (TPSA) is 85.0 Å². The van der Waals surface area contributed by atoms with E-state index in [1.165, 1.54) is 0 Å². The lowest BCUT2D eigenvalue weighted by Gasteiger charge is -2.21. The van der Waals surface area contributed by atoms with Gasteiger partial charge in [-0.2, -0.15) is 0 Å². The molecule has 0 radical (unpaired) electrons. The van der Waals surface area contributed by atoms with Crippen LogP contribution in [0.1, 0.15) is 12.0 Å². The molecule has 0 atom stereocenters. The van der Waals surface area contributed by atoms with Crippen molar-refractivity contribution in [3.63, 3.8) is 0 Å². The highest BCUT2D eigenvalue weighted by molar-refractivity contribution is 5.85. The van der Waals surface area contributed by atoms with E-state index >= 15 is 0 Å². The van der Waals surface area contributed by atoms with Crippen LogP contribution in [-0.4, -0.2) is 39.4 Å². The average molecular weight is 358 g/mol. The molecule has 0 bridgehead atoms. The summed E-state index contributed by atoms with van der Waals surface area (Å²) in [5.74, 6) is 0.316. The van der Waals surface area contributed by atoms with Gasteiger partial charge in [0.05, 0.1) is 20.6 Å². The number of rotatable bonds is 6. The van der Waals surface area contributed by atoms with Crippen LogP contribution in [0.4, 0.5) is 11.4 Å². The van der Waals surface area contributed by atoms with E-state index in [2.05, 4.69) is 6.58 Å². The predicted molar refractivity (Wildman–Crippen MR) is 106 cm³/mol. The van der Waals surface area contributed by atoms with Crippen molar-refractivity contribution in [3.05, 3.63) is 54.6 Å². The molecule has 0 saturated heterocycles. The van der Waals surface area contributed by atoms with Gasteiger partial charge >= 0.3 is 5.97 Å². The third kappa shape index (κ3) is 6.05. The molecular weight excluding hydrogens is 332 g/mol. The van der Waals surface area contributed by atoms with Gasteiger partial charge in [-0.3, -0.25) is 4.79 Å². The maximum Gasteiger partial charge on any atom is 0.307 e. The van der Waals surface area contributed by atoms with Crippen LogP contribution in [0, 0.1) is 0 Å². The summed E-state index contributed by atoms with van der Waals surface area (Å²) in [4.78, 5) is 12.6. The monoisotopic (exact) mass is 358 g/mol. The molecule has 0 unspecified atom stereocenters. The van der Waals surface area contributed by atoms with Gasteiger partial charge in [0.2, 0.25) is 0 Å². The fraction of sp³-hybridized carbons (Fsp3) is 0.250. The van der Waals surface area contributed by atoms with Crippen molar-refractivity contribution in [2.24, 2.45) is 0 Å². The zero-order valence-corrected chi connectivity index (χ0v) is 15.7. The number of nitrogen functional groups attached to an aromatic ring is 1. The normalized spacial score (nSPS) is 9.54. The smallest absolute Gasteiger partial charge is 0.307 e. The number of methoxy groups -OCH3 is 2. The van der Waals surface area contributed by atoms with Gasteiger partial charge in [0.1, 0.15) is 17.2 Å². The summed E-state index contributed by atoms with van der Waals surface area (Å²) in [5, 5.41) is 8.81. The zero-order chi connectivity index (χ0) is 19.7. The Hall–Kier alpha value is -3.15. The number of anilines is 2. The summed E-state index contributed by atoms with van der Waals surface area (Å²) in [6.07, 6.45) is -0.117. The van der Waals surface area contributed by atoms with Gasteiger partial charge in [0.25, 0.3) is 0 Å². The zero-order valence-electron chi connectivity index (χ0n) is 15.7. The Labute approximate surface area is 154 Å². The molecule has 0 heterocycles. The Balaban J connectivity index is 0.000000401. The molecule has 0 amide bonds. The number of carboxylic acids is 1. The Kier molecular flexibility index (Phi) is 8.02. The van der Waals surface area contributed by atoms with Gasteiger partial charge in [-0.25, -0.2) is 0 Å². The third-order valence-corrected chi connectivity index (χ3v) is 3.50. The molecule has 6 heteroatoms. The molecule has 0 spiro atoms. The molecule has 0 saturated carbocycles. The number of ether oxygens (including phenoxy) is 2. The molecule has 26 heavy (non-hydrogen) atoms. The minimum atomic E-state index is -0.917. The van der Waals surface area contributed by atoms with Crippen LogP contribution in [0.15, 0.2) is 49.0 Å². The van der Waals surface area contributed by atoms with Crippen LogP contribution in [0.3, 0.4) is 0 Å². The first-order chi connectivity index (χ1) is 12.3. The largest absolute Gasteiger partial charge is 0.494 e. The second kappa shape index (κ2) is 9.98. The highest BCUT2D eigenvalue weighted by Crippen LogP contribution is 2.39. The molecule has 0 aliphatic rings. The number of carboxylic acid groups (broad SMARTS) is 1. The fourth-order valence-corrected chi connectivity index (χ4v) is 2.28. The van der Waals surface area contributed by atoms with E-state index in [0.717, 1.165) is 11.4 Å². The standard InChI is InChI=1S/C14H19NO4.C6H7N/c1-9(6-13(16)17)10-7-11(18-4)14(15(2)3)12(8-10)19-5;7-6-4-2-1-3-5-6/h7-8H,1,6H2,2-5H3,(H,16,17);1-5H,7H2. The molecule has 0 aliphatic heterocycles. The van der Waals surface area contributed by atoms with Crippen molar-refractivity contribution >= 4 is 22.9 Å². The SMILES string of the molecule is C=C(CC(=O)O)c1cc(OC)c(N(C)C)c(OC)c1.Nc1ccccc1. The summed E-state index contributed by atoms with van der Waals surface area (Å²) in [5.41, 5.74) is 8.19. The Morgan fingerprint density at radius 3 is 1.92 bits per heavy atom. The van der Waals surface area contributed by atoms with Crippen LogP contribution in [0.25, 0.3) is 5.57 Å². The lowest BCUT2D eigenvalue weighted by molar-refractivity contribution is -0.135. The van der Waals surface area contributed by atoms with E-state index in [1.54, 1.807) is 26.4 Å². The number of carbonyl (C=O) groups is 1. The lowest BCUT2D eigenvalue weighted by Crippen LogP contribution is -2.12. The number of nitrogens with zero attached hydrogens (tertiary/aromatic N) is 1. The second-order valence-corrected chi connectivity index (χ2v) is 5.71. The Morgan fingerprint density at radius 2 is 1.62 bits per heavy atom. The van der Waals surface area contributed by atoms with E-state index in [9.17, 15) is 4.79 Å². The Bertz CT molecular complexity index is 718. The predicted octanol–water partition coefficient (Wildman–Crippen LogP) is 3.53. The molecule has 2 aromatic carbocycles. The lowest BCUT2D eigenvalue weighted by atomic mass is 10.0. The van der Waals surface area contributed by atoms with Crippen LogP contribution in [0.5, 0.6) is 11.5 Å². The summed E-state index contributed by atoms with van der Waals surface area (Å²) >= 11 is 0. The summed E-state index contributed by atoms with van der Waals surface area (Å²) in [6.45, 7) is 3.78. The van der Waals surface area contributed by atoms with Crippen LogP contribution < -0.4 is 20.1 Å². The quantitative estimate of drug-likeness (QED) is 0.769. The molecule has 2 aromatic rings. The van der Waals surface area contributed by atoms with Gasteiger partial charge < -0.3 is 25.2 Å². The minimum absolute atomic E-state index is 0.117. The molecule has 3 N–H and O–H groups in total. The van der Waals surface area contributed by atoms with Crippen molar-refractivity contribution < 1.29 is 19.4 Å². The molecule has 0 fully saturated rings. The van der Waals surface area contributed by atoms with Gasteiger partial charge in [-0.1, -0.05) is 24.8 Å². The average Bonchev–Trinajstić information content (AvgIpc) is 2.60. The third-order valence-electron chi connectivity index (χ3n) is 3.50. The molecular formula is C20H26N2O4. The van der Waals surface area contributed by atoms with Crippen LogP contribution in [0.2, 0.25) is 0 Å². The van der Waals surface area contributed by atoms with E-state index < -0.39 is 5.97 Å². The first-order valence-corrected chi connectivity index (χ1v) is 7.94. The summed E-state index contributed by atoms with van der Waals surface area (Å²) < 4.78 is 10.7. The highest BCUT2D eigenvalue weighted by Gasteiger charge is 2.16. The number of hydrogen-bond donors (Lipinski definition) is 2. The summed E-state index contributed by atoms with van der Waals surface area (Å²) in [7, 11) is 6.88. The highest BCUT2D eigenvalue weighted by atomic mass is 16.5. The number of benzene rings is 2. The van der Waals surface area contributed by atoms with Gasteiger partial charge in [-0.15, -0.1) is 0 Å². The van der Waals surface area contributed by atoms with Crippen molar-refractivity contribution in [3.8, 4) is 11.5 Å². The first-order valence-electron chi connectivity index (χ1n) is 7.94. The number of nitrogens with two attached hydrogens (primary N) is 1. The Morgan fingerprint density at radius 1 is 1.12 bits per heavy atom. The van der Waals surface area contributed by atoms with Gasteiger partial charge in [0, 0.05) is 19.8 Å². The first kappa shape index (κ1) is 20.9. The molecule has 0 aromatic heterocycles. The van der Waals surface area contributed by atoms with E-state index in [1.807, 2.05) is 49.3 Å². The number of aliphatic carboxylic acids is 1. The van der Waals surface area contributed by atoms with E-state index in [-0.39, 0.29) is 6.42 Å². The van der Waals surface area contributed by atoms with Crippen molar-refractivity contribution in [2.45, 2.75) is 6.42 Å². The van der Waals surface area contributed by atoms with E-state index in [4.69, 9.17) is 20.3 Å². The van der Waals surface area contributed by atoms with Crippen LogP contribution in [-0.2, 0) is 4.79 Å². The number of hydrogen-bond acceptors (Lipinski definition) is 5. The van der Waals surface area contributed by atoms with Crippen molar-refractivity contribution in [1.29, 1.82) is 0 Å². The van der Waals surface area contributed by atoms with Crippen molar-refractivity contribution in [1.82, 2.24) is 0 Å². The number of para-hydroxylation sites is 1. The fourth-order valence-electron chi connectivity index (χ4n) is 2.28. The molecule has 140 valence electrons. The molecule has 0 aliphatic carbocycles. The minimum Gasteiger partial charge on any atom is -0.494 e. The second-order valence-electron chi connectivity index (χ2n) is 5.71. The van der Waals surface area contributed by atoms with Crippen molar-refractivity contribution in [2.75, 3.05) is 38.9 Å². The maximum atomic E-state index is 10.7. The van der Waals surface area contributed by atoms with Crippen LogP contribution >= 0.6 is 0 Å². The maximum absolute atomic E-state index is 10.7. The van der Waals surface area contributed by atoms with E-state index in [0.29, 0.717) is 22.6 Å². The summed E-state index contributed by atoms with van der Waals surface area (Å²) in [6, 6.07) is 13.0. The molecule has 6 nitrogen and oxygen atoms in total. The van der Waals surface area contributed by atoms with Gasteiger partial charge in [0.15, 0.2) is 0 Å². The van der Waals surface area contributed by atoms with Gasteiger partial charge in [-0.05, 0) is 35.4 Å².